The smallest absolute Gasteiger partial charge is 0.340 e. The van der Waals surface area contributed by atoms with E-state index < -0.39 is 16.8 Å². The van der Waals surface area contributed by atoms with Crippen LogP contribution in [0.3, 0.4) is 0 Å². The Hall–Kier alpha value is -2.71. The van der Waals surface area contributed by atoms with Crippen LogP contribution in [0.5, 0.6) is 0 Å². The fourth-order valence-corrected chi connectivity index (χ4v) is 2.04. The molecular weight excluding hydrogens is 361 g/mol. The van der Waals surface area contributed by atoms with Crippen LogP contribution in [0.4, 0.5) is 5.69 Å². The molecule has 1 aromatic carbocycles. The lowest BCUT2D eigenvalue weighted by atomic mass is 10.1. The summed E-state index contributed by atoms with van der Waals surface area (Å²) in [5, 5.41) is 11.2. The predicted molar refractivity (Wildman–Crippen MR) is 85.0 cm³/mol. The molecule has 2 aromatic rings. The maximum Gasteiger partial charge on any atom is 0.340 e. The highest BCUT2D eigenvalue weighted by Crippen LogP contribution is 2.23. The number of nitrogens with two attached hydrogens (primary N) is 1. The second kappa shape index (κ2) is 7.24. The minimum atomic E-state index is -0.802. The van der Waals surface area contributed by atoms with Crippen LogP contribution in [0.25, 0.3) is 0 Å². The number of nitro groups is 1. The number of esters is 1. The van der Waals surface area contributed by atoms with Crippen molar-refractivity contribution in [3.05, 3.63) is 67.4 Å². The molecule has 10 heteroatoms. The summed E-state index contributed by atoms with van der Waals surface area (Å²) in [6.07, 6.45) is 1.17. The number of primary amides is 1. The van der Waals surface area contributed by atoms with Crippen molar-refractivity contribution in [3.63, 3.8) is 0 Å². The van der Waals surface area contributed by atoms with Gasteiger partial charge in [-0.1, -0.05) is 23.2 Å². The first-order valence-corrected chi connectivity index (χ1v) is 7.10. The second-order valence-electron chi connectivity index (χ2n) is 4.54. The van der Waals surface area contributed by atoms with Crippen LogP contribution in [0.1, 0.15) is 26.3 Å². The molecule has 24 heavy (non-hydrogen) atoms. The number of carbonyl (C=O) groups is 2. The van der Waals surface area contributed by atoms with Gasteiger partial charge in [0, 0.05) is 17.8 Å². The minimum Gasteiger partial charge on any atom is -0.457 e. The number of benzene rings is 1. The molecule has 0 saturated heterocycles. The van der Waals surface area contributed by atoms with Crippen molar-refractivity contribution < 1.29 is 19.2 Å². The Bertz CT molecular complexity index is 841. The molecule has 0 bridgehead atoms. The fraction of sp³-hybridized carbons (Fsp3) is 0.0714. The molecule has 0 aliphatic carbocycles. The molecule has 0 atom stereocenters. The van der Waals surface area contributed by atoms with Crippen LogP contribution in [-0.2, 0) is 11.3 Å². The van der Waals surface area contributed by atoms with E-state index in [4.69, 9.17) is 33.7 Å². The molecular formula is C14H9Cl2N3O5. The van der Waals surface area contributed by atoms with Gasteiger partial charge in [-0.2, -0.15) is 0 Å². The summed E-state index contributed by atoms with van der Waals surface area (Å²) < 4.78 is 5.00. The van der Waals surface area contributed by atoms with Crippen LogP contribution in [0.2, 0.25) is 10.2 Å². The Morgan fingerprint density at radius 1 is 1.25 bits per heavy atom. The lowest BCUT2D eigenvalue weighted by molar-refractivity contribution is -0.385. The molecule has 1 heterocycles. The zero-order valence-corrected chi connectivity index (χ0v) is 13.4. The number of carbonyl (C=O) groups excluding carboxylic acids is 2. The fourth-order valence-electron chi connectivity index (χ4n) is 1.77. The van der Waals surface area contributed by atoms with E-state index in [2.05, 4.69) is 4.98 Å². The van der Waals surface area contributed by atoms with Crippen LogP contribution < -0.4 is 5.73 Å². The Morgan fingerprint density at radius 3 is 2.54 bits per heavy atom. The summed E-state index contributed by atoms with van der Waals surface area (Å²) in [7, 11) is 0. The first-order chi connectivity index (χ1) is 11.3. The molecule has 0 saturated carbocycles. The molecule has 0 spiro atoms. The zero-order chi connectivity index (χ0) is 17.9. The third-order valence-electron chi connectivity index (χ3n) is 2.96. The summed E-state index contributed by atoms with van der Waals surface area (Å²) in [6.45, 7) is -0.381. The largest absolute Gasteiger partial charge is 0.457 e. The maximum atomic E-state index is 11.9. The van der Waals surface area contributed by atoms with Crippen molar-refractivity contribution in [3.8, 4) is 0 Å². The van der Waals surface area contributed by atoms with Crippen LogP contribution >= 0.6 is 23.2 Å². The van der Waals surface area contributed by atoms with Crippen LogP contribution in [-0.4, -0.2) is 21.8 Å². The SMILES string of the molecule is NC(=O)c1ccc(COC(=O)c2cnc(Cl)c(Cl)c2)c([N+](=O)[O-])c1. The highest BCUT2D eigenvalue weighted by molar-refractivity contribution is 6.41. The molecule has 0 aliphatic heterocycles. The van der Waals surface area contributed by atoms with Gasteiger partial charge in [-0.15, -0.1) is 0 Å². The van der Waals surface area contributed by atoms with Gasteiger partial charge in [0.25, 0.3) is 5.69 Å². The number of amides is 1. The molecule has 2 N–H and O–H groups in total. The van der Waals surface area contributed by atoms with E-state index in [0.29, 0.717) is 0 Å². The number of nitrogens with zero attached hydrogens (tertiary/aromatic N) is 2. The number of aromatic nitrogens is 1. The molecule has 1 amide bonds. The highest BCUT2D eigenvalue weighted by Gasteiger charge is 2.18. The van der Waals surface area contributed by atoms with E-state index in [1.165, 1.54) is 24.4 Å². The summed E-state index contributed by atoms with van der Waals surface area (Å²) in [6, 6.07) is 4.88. The summed E-state index contributed by atoms with van der Waals surface area (Å²) in [5.74, 6) is -1.59. The van der Waals surface area contributed by atoms with Crippen molar-refractivity contribution in [1.82, 2.24) is 4.98 Å². The van der Waals surface area contributed by atoms with Crippen molar-refractivity contribution in [1.29, 1.82) is 0 Å². The van der Waals surface area contributed by atoms with E-state index in [1.807, 2.05) is 0 Å². The number of halogens is 2. The summed E-state index contributed by atoms with van der Waals surface area (Å²) >= 11 is 11.4. The number of hydrogen-bond acceptors (Lipinski definition) is 6. The topological polar surface area (TPSA) is 125 Å². The molecule has 1 aromatic heterocycles. The first-order valence-electron chi connectivity index (χ1n) is 6.35. The molecule has 8 nitrogen and oxygen atoms in total. The Balaban J connectivity index is 2.19. The number of nitro benzene ring substituents is 1. The Labute approximate surface area is 145 Å². The number of ether oxygens (including phenoxy) is 1. The van der Waals surface area contributed by atoms with Gasteiger partial charge in [0.2, 0.25) is 5.91 Å². The highest BCUT2D eigenvalue weighted by atomic mass is 35.5. The Morgan fingerprint density at radius 2 is 1.96 bits per heavy atom. The predicted octanol–water partition coefficient (Wildman–Crippen LogP) is 2.75. The van der Waals surface area contributed by atoms with Crippen molar-refractivity contribution >= 4 is 40.8 Å². The van der Waals surface area contributed by atoms with Gasteiger partial charge in [0.05, 0.1) is 21.1 Å². The zero-order valence-electron chi connectivity index (χ0n) is 11.9. The van der Waals surface area contributed by atoms with Crippen LogP contribution in [0, 0.1) is 10.1 Å². The third-order valence-corrected chi connectivity index (χ3v) is 3.64. The van der Waals surface area contributed by atoms with Gasteiger partial charge in [0.1, 0.15) is 11.8 Å². The number of rotatable bonds is 5. The van der Waals surface area contributed by atoms with Gasteiger partial charge < -0.3 is 10.5 Å². The average molecular weight is 370 g/mol. The van der Waals surface area contributed by atoms with Crippen LogP contribution in [0.15, 0.2) is 30.5 Å². The minimum absolute atomic E-state index is 0.0227. The Kier molecular flexibility index (Phi) is 5.32. The van der Waals surface area contributed by atoms with E-state index in [1.54, 1.807) is 0 Å². The van der Waals surface area contributed by atoms with E-state index in [-0.39, 0.29) is 39.2 Å². The molecule has 0 unspecified atom stereocenters. The van der Waals surface area contributed by atoms with Gasteiger partial charge in [-0.05, 0) is 18.2 Å². The van der Waals surface area contributed by atoms with Gasteiger partial charge in [-0.25, -0.2) is 9.78 Å². The monoisotopic (exact) mass is 369 g/mol. The first kappa shape index (κ1) is 17.6. The summed E-state index contributed by atoms with van der Waals surface area (Å²) in [5.41, 5.74) is 4.82. The summed E-state index contributed by atoms with van der Waals surface area (Å²) in [4.78, 5) is 37.1. The maximum absolute atomic E-state index is 11.9. The third kappa shape index (κ3) is 3.98. The average Bonchev–Trinajstić information content (AvgIpc) is 2.54. The van der Waals surface area contributed by atoms with E-state index in [0.717, 1.165) is 6.07 Å². The second-order valence-corrected chi connectivity index (χ2v) is 5.30. The van der Waals surface area contributed by atoms with Gasteiger partial charge in [-0.3, -0.25) is 14.9 Å². The number of pyridine rings is 1. The molecule has 124 valence electrons. The van der Waals surface area contributed by atoms with Gasteiger partial charge >= 0.3 is 5.97 Å². The molecule has 2 rings (SSSR count). The molecule has 0 aliphatic rings. The standard InChI is InChI=1S/C14H9Cl2N3O5/c15-10-3-9(5-18-12(10)16)14(21)24-6-8-2-1-7(13(17)20)4-11(8)19(22)23/h1-5H,6H2,(H2,17,20). The van der Waals surface area contributed by atoms with E-state index in [9.17, 15) is 19.7 Å². The quantitative estimate of drug-likeness (QED) is 0.373. The van der Waals surface area contributed by atoms with E-state index >= 15 is 0 Å². The lowest BCUT2D eigenvalue weighted by Gasteiger charge is -2.07. The van der Waals surface area contributed by atoms with Gasteiger partial charge in [0.15, 0.2) is 0 Å². The van der Waals surface area contributed by atoms with Crippen molar-refractivity contribution in [2.24, 2.45) is 5.73 Å². The van der Waals surface area contributed by atoms with Crippen molar-refractivity contribution in [2.45, 2.75) is 6.61 Å². The van der Waals surface area contributed by atoms with Crippen molar-refractivity contribution in [2.75, 3.05) is 0 Å². The normalized spacial score (nSPS) is 10.2. The lowest BCUT2D eigenvalue weighted by Crippen LogP contribution is -2.12. The molecule has 0 radical (unpaired) electrons. The number of hydrogen-bond donors (Lipinski definition) is 1. The molecule has 0 fully saturated rings.